The minimum atomic E-state index is -0.214. The van der Waals surface area contributed by atoms with Gasteiger partial charge in [-0.3, -0.25) is 0 Å². The molecule has 1 aromatic carbocycles. The van der Waals surface area contributed by atoms with Crippen molar-refractivity contribution in [3.05, 3.63) is 34.6 Å². The third kappa shape index (κ3) is 3.46. The van der Waals surface area contributed by atoms with E-state index in [0.29, 0.717) is 5.02 Å². The van der Waals surface area contributed by atoms with Gasteiger partial charge in [0, 0.05) is 5.02 Å². The first-order valence-electron chi connectivity index (χ1n) is 5.63. The zero-order valence-electron chi connectivity index (χ0n) is 10.1. The summed E-state index contributed by atoms with van der Waals surface area (Å²) in [5.41, 5.74) is 0.561. The molecular formula is C13H19ClFN. The zero-order valence-corrected chi connectivity index (χ0v) is 10.9. The molecule has 16 heavy (non-hydrogen) atoms. The standard InChI is InChI=1S/C13H19ClFN/c1-4-16-8-7-13(2,3)11-6-5-10(14)9-12(11)15/h5-6,9,16H,4,7-8H2,1-3H3. The summed E-state index contributed by atoms with van der Waals surface area (Å²) in [6, 6.07) is 4.91. The lowest BCUT2D eigenvalue weighted by Gasteiger charge is -2.26. The van der Waals surface area contributed by atoms with Gasteiger partial charge in [0.1, 0.15) is 5.82 Å². The van der Waals surface area contributed by atoms with Gasteiger partial charge >= 0.3 is 0 Å². The largest absolute Gasteiger partial charge is 0.317 e. The van der Waals surface area contributed by atoms with Gasteiger partial charge in [0.15, 0.2) is 0 Å². The Morgan fingerprint density at radius 2 is 2.06 bits per heavy atom. The van der Waals surface area contributed by atoms with Crippen molar-refractivity contribution in [3.8, 4) is 0 Å². The van der Waals surface area contributed by atoms with E-state index in [2.05, 4.69) is 26.1 Å². The normalized spacial score (nSPS) is 11.8. The van der Waals surface area contributed by atoms with E-state index in [1.54, 1.807) is 12.1 Å². The van der Waals surface area contributed by atoms with E-state index < -0.39 is 0 Å². The minimum Gasteiger partial charge on any atom is -0.317 e. The SMILES string of the molecule is CCNCCC(C)(C)c1ccc(Cl)cc1F. The first kappa shape index (κ1) is 13.5. The fraction of sp³-hybridized carbons (Fsp3) is 0.538. The summed E-state index contributed by atoms with van der Waals surface area (Å²) < 4.78 is 13.8. The molecule has 0 atom stereocenters. The van der Waals surface area contributed by atoms with Crippen molar-refractivity contribution in [2.24, 2.45) is 0 Å². The molecule has 0 aliphatic rings. The van der Waals surface area contributed by atoms with E-state index in [1.807, 2.05) is 0 Å². The van der Waals surface area contributed by atoms with Crippen molar-refractivity contribution in [2.75, 3.05) is 13.1 Å². The van der Waals surface area contributed by atoms with Gasteiger partial charge in [-0.1, -0.05) is 38.4 Å². The lowest BCUT2D eigenvalue weighted by atomic mass is 9.81. The molecule has 0 unspecified atom stereocenters. The van der Waals surface area contributed by atoms with Gasteiger partial charge in [0.25, 0.3) is 0 Å². The first-order valence-corrected chi connectivity index (χ1v) is 6.01. The highest BCUT2D eigenvalue weighted by atomic mass is 35.5. The Balaban J connectivity index is 2.80. The molecule has 0 aliphatic carbocycles. The highest BCUT2D eigenvalue weighted by molar-refractivity contribution is 6.30. The van der Waals surface area contributed by atoms with Crippen molar-refractivity contribution >= 4 is 11.6 Å². The number of halogens is 2. The van der Waals surface area contributed by atoms with Gasteiger partial charge in [-0.15, -0.1) is 0 Å². The summed E-state index contributed by atoms with van der Waals surface area (Å²) in [6.07, 6.45) is 0.902. The van der Waals surface area contributed by atoms with Crippen LogP contribution in [0.25, 0.3) is 0 Å². The fourth-order valence-electron chi connectivity index (χ4n) is 1.75. The van der Waals surface area contributed by atoms with E-state index in [0.717, 1.165) is 25.1 Å². The van der Waals surface area contributed by atoms with E-state index in [1.165, 1.54) is 6.07 Å². The van der Waals surface area contributed by atoms with Gasteiger partial charge in [-0.2, -0.15) is 0 Å². The van der Waals surface area contributed by atoms with E-state index >= 15 is 0 Å². The topological polar surface area (TPSA) is 12.0 Å². The summed E-state index contributed by atoms with van der Waals surface area (Å²) in [5.74, 6) is -0.214. The average molecular weight is 244 g/mol. The molecule has 1 N–H and O–H groups in total. The van der Waals surface area contributed by atoms with Crippen LogP contribution >= 0.6 is 11.6 Å². The van der Waals surface area contributed by atoms with Crippen molar-refractivity contribution in [1.29, 1.82) is 0 Å². The van der Waals surface area contributed by atoms with E-state index in [-0.39, 0.29) is 11.2 Å². The maximum absolute atomic E-state index is 13.8. The number of hydrogen-bond donors (Lipinski definition) is 1. The molecule has 0 saturated carbocycles. The highest BCUT2D eigenvalue weighted by Crippen LogP contribution is 2.30. The number of hydrogen-bond acceptors (Lipinski definition) is 1. The maximum atomic E-state index is 13.8. The lowest BCUT2D eigenvalue weighted by molar-refractivity contribution is 0.437. The van der Waals surface area contributed by atoms with E-state index in [9.17, 15) is 4.39 Å². The Morgan fingerprint density at radius 3 is 2.62 bits per heavy atom. The van der Waals surface area contributed by atoms with Crippen LogP contribution in [0.4, 0.5) is 4.39 Å². The first-order chi connectivity index (χ1) is 7.47. The van der Waals surface area contributed by atoms with E-state index in [4.69, 9.17) is 11.6 Å². The predicted octanol–water partition coefficient (Wildman–Crippen LogP) is 3.76. The maximum Gasteiger partial charge on any atom is 0.128 e. The lowest BCUT2D eigenvalue weighted by Crippen LogP contribution is -2.26. The Labute approximate surface area is 102 Å². The molecule has 1 rings (SSSR count). The third-order valence-electron chi connectivity index (χ3n) is 2.84. The van der Waals surface area contributed by atoms with Crippen LogP contribution in [0.3, 0.4) is 0 Å². The molecular weight excluding hydrogens is 225 g/mol. The van der Waals surface area contributed by atoms with Crippen LogP contribution in [0, 0.1) is 5.82 Å². The zero-order chi connectivity index (χ0) is 12.2. The van der Waals surface area contributed by atoms with Crippen molar-refractivity contribution in [2.45, 2.75) is 32.6 Å². The van der Waals surface area contributed by atoms with Gasteiger partial charge < -0.3 is 5.32 Å². The molecule has 0 amide bonds. The molecule has 1 aromatic rings. The van der Waals surface area contributed by atoms with Gasteiger partial charge in [-0.25, -0.2) is 4.39 Å². The summed E-state index contributed by atoms with van der Waals surface area (Å²) in [4.78, 5) is 0. The second-order valence-corrected chi connectivity index (χ2v) is 5.05. The smallest absolute Gasteiger partial charge is 0.128 e. The predicted molar refractivity (Wildman–Crippen MR) is 67.6 cm³/mol. The van der Waals surface area contributed by atoms with Gasteiger partial charge in [0.05, 0.1) is 0 Å². The van der Waals surface area contributed by atoms with Crippen molar-refractivity contribution in [3.63, 3.8) is 0 Å². The van der Waals surface area contributed by atoms with Crippen LogP contribution in [0.5, 0.6) is 0 Å². The molecule has 0 aliphatic heterocycles. The third-order valence-corrected chi connectivity index (χ3v) is 3.07. The minimum absolute atomic E-state index is 0.170. The Hall–Kier alpha value is -0.600. The molecule has 0 heterocycles. The fourth-order valence-corrected chi connectivity index (χ4v) is 1.91. The van der Waals surface area contributed by atoms with Crippen molar-refractivity contribution < 1.29 is 4.39 Å². The Bertz CT molecular complexity index is 350. The highest BCUT2D eigenvalue weighted by Gasteiger charge is 2.23. The molecule has 0 spiro atoms. The molecule has 0 bridgehead atoms. The summed E-state index contributed by atoms with van der Waals surface area (Å²) in [7, 11) is 0. The van der Waals surface area contributed by atoms with Gasteiger partial charge in [-0.05, 0) is 42.6 Å². The van der Waals surface area contributed by atoms with Crippen LogP contribution in [-0.4, -0.2) is 13.1 Å². The van der Waals surface area contributed by atoms with Crippen LogP contribution in [-0.2, 0) is 5.41 Å². The average Bonchev–Trinajstić information content (AvgIpc) is 2.17. The molecule has 3 heteroatoms. The van der Waals surface area contributed by atoms with Crippen LogP contribution < -0.4 is 5.32 Å². The summed E-state index contributed by atoms with van der Waals surface area (Å²) in [5, 5.41) is 3.70. The number of benzene rings is 1. The number of nitrogens with one attached hydrogen (secondary N) is 1. The van der Waals surface area contributed by atoms with Crippen LogP contribution in [0.15, 0.2) is 18.2 Å². The molecule has 0 saturated heterocycles. The summed E-state index contributed by atoms with van der Waals surface area (Å²) >= 11 is 5.74. The number of rotatable bonds is 5. The van der Waals surface area contributed by atoms with Crippen molar-refractivity contribution in [1.82, 2.24) is 5.32 Å². The molecule has 1 nitrogen and oxygen atoms in total. The second kappa shape index (κ2) is 5.65. The monoisotopic (exact) mass is 243 g/mol. The van der Waals surface area contributed by atoms with Gasteiger partial charge in [0.2, 0.25) is 0 Å². The van der Waals surface area contributed by atoms with Crippen LogP contribution in [0.1, 0.15) is 32.8 Å². The quantitative estimate of drug-likeness (QED) is 0.777. The Morgan fingerprint density at radius 1 is 1.38 bits per heavy atom. The molecule has 0 fully saturated rings. The second-order valence-electron chi connectivity index (χ2n) is 4.61. The molecule has 0 aromatic heterocycles. The summed E-state index contributed by atoms with van der Waals surface area (Å²) in [6.45, 7) is 8.01. The Kier molecular flexibility index (Phi) is 4.75. The van der Waals surface area contributed by atoms with Crippen LogP contribution in [0.2, 0.25) is 5.02 Å². The molecule has 0 radical (unpaired) electrons. The molecule has 90 valence electrons.